The number of carbonyl (C=O) groups is 1. The van der Waals surface area contributed by atoms with Crippen LogP contribution in [0, 0.1) is 0 Å². The van der Waals surface area contributed by atoms with E-state index in [1.807, 2.05) is 0 Å². The quantitative estimate of drug-likeness (QED) is 0.444. The van der Waals surface area contributed by atoms with Crippen LogP contribution in [0.25, 0.3) is 0 Å². The predicted octanol–water partition coefficient (Wildman–Crippen LogP) is 4.52. The van der Waals surface area contributed by atoms with Gasteiger partial charge in [-0.2, -0.15) is 8.42 Å². The van der Waals surface area contributed by atoms with Crippen molar-refractivity contribution in [1.29, 1.82) is 0 Å². The maximum absolute atomic E-state index is 13.0. The first kappa shape index (κ1) is 17.0. The van der Waals surface area contributed by atoms with Crippen molar-refractivity contribution in [2.45, 2.75) is 4.90 Å². The molecule has 0 heterocycles. The normalized spacial score (nSPS) is 11.3. The molecule has 9 heteroatoms. The molecule has 0 aliphatic carbocycles. The number of benzene rings is 2. The van der Waals surface area contributed by atoms with Gasteiger partial charge in [-0.05, 0) is 18.2 Å². The van der Waals surface area contributed by atoms with Gasteiger partial charge in [0, 0.05) is 6.07 Å². The predicted molar refractivity (Wildman–Crippen MR) is 81.2 cm³/mol. The summed E-state index contributed by atoms with van der Waals surface area (Å²) in [6, 6.07) is 7.82. The first-order chi connectivity index (χ1) is 10.2. The minimum Gasteiger partial charge on any atom is -0.421 e. The molecule has 0 radical (unpaired) electrons. The standard InChI is InChI=1S/C13H6Cl3FO4S/c14-8-4-2-1-3-7(8)13(18)21-11-5-10(16)12(6-9(11)15)22(17,19)20/h1-6H. The third kappa shape index (κ3) is 3.70. The molecule has 0 saturated heterocycles. The highest BCUT2D eigenvalue weighted by Crippen LogP contribution is 2.35. The largest absolute Gasteiger partial charge is 0.421 e. The summed E-state index contributed by atoms with van der Waals surface area (Å²) in [6.45, 7) is 0. The molecule has 0 unspecified atom stereocenters. The van der Waals surface area contributed by atoms with Crippen molar-refractivity contribution in [3.8, 4) is 5.75 Å². The summed E-state index contributed by atoms with van der Waals surface area (Å²) in [5.41, 5.74) is 0.0820. The molecular weight excluding hydrogens is 378 g/mol. The summed E-state index contributed by atoms with van der Waals surface area (Å²) in [5.74, 6) is -1.04. The SMILES string of the molecule is O=C(Oc1cc(Cl)c(S(=O)(=O)F)cc1Cl)c1ccccc1Cl. The zero-order valence-electron chi connectivity index (χ0n) is 10.5. The second-order valence-corrected chi connectivity index (χ2v) is 6.56. The molecule has 116 valence electrons. The van der Waals surface area contributed by atoms with Crippen LogP contribution >= 0.6 is 34.8 Å². The summed E-state index contributed by atoms with van der Waals surface area (Å²) >= 11 is 17.3. The van der Waals surface area contributed by atoms with Crippen molar-refractivity contribution in [1.82, 2.24) is 0 Å². The molecule has 0 fully saturated rings. The maximum Gasteiger partial charge on any atom is 0.345 e. The molecule has 0 aliphatic heterocycles. The molecule has 0 N–H and O–H groups in total. The van der Waals surface area contributed by atoms with Crippen LogP contribution in [-0.2, 0) is 10.2 Å². The molecule has 2 rings (SSSR count). The number of halogens is 4. The second-order valence-electron chi connectivity index (χ2n) is 4.02. The van der Waals surface area contributed by atoms with Gasteiger partial charge in [-0.1, -0.05) is 46.9 Å². The number of esters is 1. The lowest BCUT2D eigenvalue weighted by atomic mass is 10.2. The highest BCUT2D eigenvalue weighted by atomic mass is 35.5. The third-order valence-corrected chi connectivity index (χ3v) is 4.46. The third-order valence-electron chi connectivity index (χ3n) is 2.55. The summed E-state index contributed by atoms with van der Waals surface area (Å²) in [4.78, 5) is 11.2. The van der Waals surface area contributed by atoms with E-state index in [0.29, 0.717) is 0 Å². The van der Waals surface area contributed by atoms with Crippen molar-refractivity contribution in [3.63, 3.8) is 0 Å². The van der Waals surface area contributed by atoms with Crippen molar-refractivity contribution >= 4 is 51.0 Å². The average molecular weight is 384 g/mol. The monoisotopic (exact) mass is 382 g/mol. The number of ether oxygens (including phenoxy) is 1. The van der Waals surface area contributed by atoms with Gasteiger partial charge in [0.2, 0.25) is 0 Å². The number of rotatable bonds is 3. The van der Waals surface area contributed by atoms with Gasteiger partial charge in [-0.15, -0.1) is 3.89 Å². The Balaban J connectivity index is 2.37. The van der Waals surface area contributed by atoms with Crippen molar-refractivity contribution in [2.75, 3.05) is 0 Å². The van der Waals surface area contributed by atoms with Crippen molar-refractivity contribution in [3.05, 3.63) is 57.0 Å². The molecule has 2 aromatic carbocycles. The van der Waals surface area contributed by atoms with Crippen LogP contribution in [0.4, 0.5) is 3.89 Å². The van der Waals surface area contributed by atoms with E-state index < -0.39 is 26.1 Å². The highest BCUT2D eigenvalue weighted by Gasteiger charge is 2.21. The minimum atomic E-state index is -5.04. The Morgan fingerprint density at radius 3 is 2.23 bits per heavy atom. The smallest absolute Gasteiger partial charge is 0.345 e. The van der Waals surface area contributed by atoms with Crippen LogP contribution < -0.4 is 4.74 Å². The number of hydrogen-bond acceptors (Lipinski definition) is 4. The van der Waals surface area contributed by atoms with E-state index in [2.05, 4.69) is 0 Å². The molecule has 0 aliphatic rings. The Hall–Kier alpha value is -1.34. The van der Waals surface area contributed by atoms with Crippen LogP contribution in [0.1, 0.15) is 10.4 Å². The van der Waals surface area contributed by atoms with Gasteiger partial charge in [-0.3, -0.25) is 0 Å². The van der Waals surface area contributed by atoms with E-state index in [1.54, 1.807) is 12.1 Å². The van der Waals surface area contributed by atoms with Gasteiger partial charge in [0.15, 0.2) is 5.75 Å². The van der Waals surface area contributed by atoms with Gasteiger partial charge < -0.3 is 4.74 Å². The highest BCUT2D eigenvalue weighted by molar-refractivity contribution is 7.86. The van der Waals surface area contributed by atoms with E-state index in [1.165, 1.54) is 12.1 Å². The lowest BCUT2D eigenvalue weighted by Crippen LogP contribution is -2.09. The topological polar surface area (TPSA) is 60.4 Å². The van der Waals surface area contributed by atoms with Gasteiger partial charge in [0.25, 0.3) is 0 Å². The fraction of sp³-hybridized carbons (Fsp3) is 0. The van der Waals surface area contributed by atoms with E-state index >= 15 is 0 Å². The average Bonchev–Trinajstić information content (AvgIpc) is 2.41. The van der Waals surface area contributed by atoms with Gasteiger partial charge >= 0.3 is 16.2 Å². The first-order valence-corrected chi connectivity index (χ1v) is 8.12. The van der Waals surface area contributed by atoms with Crippen LogP contribution in [0.2, 0.25) is 15.1 Å². The molecule has 22 heavy (non-hydrogen) atoms. The molecule has 0 spiro atoms. The van der Waals surface area contributed by atoms with Crippen molar-refractivity contribution in [2.24, 2.45) is 0 Å². The van der Waals surface area contributed by atoms with Gasteiger partial charge in [-0.25, -0.2) is 4.79 Å². The molecular formula is C13H6Cl3FO4S. The summed E-state index contributed by atoms with van der Waals surface area (Å²) < 4.78 is 39.7. The van der Waals surface area contributed by atoms with E-state index in [0.717, 1.165) is 12.1 Å². The zero-order chi connectivity index (χ0) is 16.5. The summed E-state index contributed by atoms with van der Waals surface area (Å²) in [6.07, 6.45) is 0. The Morgan fingerprint density at radius 1 is 1.00 bits per heavy atom. The maximum atomic E-state index is 13.0. The van der Waals surface area contributed by atoms with Gasteiger partial charge in [0.05, 0.1) is 20.6 Å². The summed E-state index contributed by atoms with van der Waals surface area (Å²) in [5, 5.41) is -0.590. The summed E-state index contributed by atoms with van der Waals surface area (Å²) in [7, 11) is -5.04. The fourth-order valence-corrected chi connectivity index (χ4v) is 3.02. The van der Waals surface area contributed by atoms with E-state index in [-0.39, 0.29) is 21.4 Å². The molecule has 2 aromatic rings. The molecule has 0 bridgehead atoms. The van der Waals surface area contributed by atoms with Crippen LogP contribution in [0.15, 0.2) is 41.3 Å². The zero-order valence-corrected chi connectivity index (χ0v) is 13.6. The van der Waals surface area contributed by atoms with E-state index in [4.69, 9.17) is 39.5 Å². The molecule has 0 saturated carbocycles. The Morgan fingerprint density at radius 2 is 1.64 bits per heavy atom. The molecule has 0 aromatic heterocycles. The first-order valence-electron chi connectivity index (χ1n) is 5.60. The Labute approximate surface area is 140 Å². The number of hydrogen-bond donors (Lipinski definition) is 0. The molecule has 4 nitrogen and oxygen atoms in total. The number of carbonyl (C=O) groups excluding carboxylic acids is 1. The fourth-order valence-electron chi connectivity index (χ4n) is 1.56. The van der Waals surface area contributed by atoms with Crippen molar-refractivity contribution < 1.29 is 21.8 Å². The lowest BCUT2D eigenvalue weighted by molar-refractivity contribution is 0.0735. The Bertz CT molecular complexity index is 852. The van der Waals surface area contributed by atoms with E-state index in [9.17, 15) is 17.1 Å². The lowest BCUT2D eigenvalue weighted by Gasteiger charge is -2.09. The second kappa shape index (κ2) is 6.42. The van der Waals surface area contributed by atoms with Crippen LogP contribution in [-0.4, -0.2) is 14.4 Å². The van der Waals surface area contributed by atoms with Gasteiger partial charge in [0.1, 0.15) is 4.90 Å². The van der Waals surface area contributed by atoms with Crippen LogP contribution in [0.5, 0.6) is 5.75 Å². The Kier molecular flexibility index (Phi) is 4.97. The molecule has 0 amide bonds. The van der Waals surface area contributed by atoms with Crippen LogP contribution in [0.3, 0.4) is 0 Å². The molecule has 0 atom stereocenters. The minimum absolute atomic E-state index is 0.0820.